The maximum Gasteiger partial charge on any atom is 0.415 e. The summed E-state index contributed by atoms with van der Waals surface area (Å²) in [4.78, 5) is 14.5. The molecule has 142 valence electrons. The van der Waals surface area contributed by atoms with E-state index in [-0.39, 0.29) is 6.09 Å². The maximum atomic E-state index is 12.8. The summed E-state index contributed by atoms with van der Waals surface area (Å²) in [6.07, 6.45) is 0.400. The van der Waals surface area contributed by atoms with Crippen LogP contribution in [-0.4, -0.2) is 19.7 Å². The summed E-state index contributed by atoms with van der Waals surface area (Å²) in [6.45, 7) is 2.57. The van der Waals surface area contributed by atoms with Gasteiger partial charge in [-0.2, -0.15) is 0 Å². The van der Waals surface area contributed by atoms with Crippen LogP contribution in [0.5, 0.6) is 5.75 Å². The van der Waals surface area contributed by atoms with Crippen molar-refractivity contribution >= 4 is 11.8 Å². The van der Waals surface area contributed by atoms with E-state index in [9.17, 15) is 4.79 Å². The average Bonchev–Trinajstić information content (AvgIpc) is 2.74. The van der Waals surface area contributed by atoms with Gasteiger partial charge in [0.05, 0.1) is 7.11 Å². The van der Waals surface area contributed by atoms with Crippen LogP contribution < -0.4 is 9.64 Å². The van der Waals surface area contributed by atoms with E-state index in [1.165, 1.54) is 0 Å². The van der Waals surface area contributed by atoms with Crippen LogP contribution in [0, 0.1) is 0 Å². The molecular weight excluding hydrogens is 350 g/mol. The van der Waals surface area contributed by atoms with Gasteiger partial charge in [-0.1, -0.05) is 60.7 Å². The summed E-state index contributed by atoms with van der Waals surface area (Å²) in [6, 6.07) is 25.7. The van der Waals surface area contributed by atoms with Crippen molar-refractivity contribution in [1.82, 2.24) is 0 Å². The molecule has 0 bridgehead atoms. The summed E-state index contributed by atoms with van der Waals surface area (Å²) in [5.74, 6) is 0.803. The highest BCUT2D eigenvalue weighted by Crippen LogP contribution is 2.37. The Bertz CT molecular complexity index is 986. The van der Waals surface area contributed by atoms with Crippen molar-refractivity contribution < 1.29 is 14.3 Å². The van der Waals surface area contributed by atoms with Crippen molar-refractivity contribution in [2.75, 3.05) is 18.6 Å². The minimum atomic E-state index is -0.602. The van der Waals surface area contributed by atoms with E-state index < -0.39 is 5.60 Å². The van der Waals surface area contributed by atoms with Gasteiger partial charge in [-0.15, -0.1) is 0 Å². The zero-order chi connectivity index (χ0) is 19.6. The second kappa shape index (κ2) is 7.39. The molecule has 0 saturated carbocycles. The average molecular weight is 373 g/mol. The minimum Gasteiger partial charge on any atom is -0.496 e. The Morgan fingerprint density at radius 2 is 1.71 bits per heavy atom. The Balaban J connectivity index is 1.60. The maximum absolute atomic E-state index is 12.8. The fourth-order valence-corrected chi connectivity index (χ4v) is 3.67. The van der Waals surface area contributed by atoms with Gasteiger partial charge in [0, 0.05) is 24.2 Å². The van der Waals surface area contributed by atoms with Gasteiger partial charge in [0.2, 0.25) is 0 Å². The van der Waals surface area contributed by atoms with E-state index in [1.54, 1.807) is 12.0 Å². The molecule has 0 radical (unpaired) electrons. The molecule has 1 amide bonds. The topological polar surface area (TPSA) is 38.8 Å². The molecule has 0 N–H and O–H groups in total. The molecule has 4 rings (SSSR count). The summed E-state index contributed by atoms with van der Waals surface area (Å²) < 4.78 is 11.4. The van der Waals surface area contributed by atoms with Gasteiger partial charge >= 0.3 is 6.09 Å². The fourth-order valence-electron chi connectivity index (χ4n) is 3.67. The first-order chi connectivity index (χ1) is 13.6. The molecule has 1 saturated heterocycles. The molecule has 3 aromatic rings. The quantitative estimate of drug-likeness (QED) is 0.595. The lowest BCUT2D eigenvalue weighted by Crippen LogP contribution is -2.46. The smallest absolute Gasteiger partial charge is 0.415 e. The van der Waals surface area contributed by atoms with Crippen LogP contribution in [0.4, 0.5) is 10.5 Å². The van der Waals surface area contributed by atoms with E-state index in [0.717, 1.165) is 34.5 Å². The number of rotatable bonds is 4. The number of amides is 1. The van der Waals surface area contributed by atoms with Crippen LogP contribution in [0.2, 0.25) is 0 Å². The second-order valence-electron chi connectivity index (χ2n) is 7.12. The molecule has 4 heteroatoms. The zero-order valence-corrected chi connectivity index (χ0v) is 16.1. The SMILES string of the molecule is COc1ccccc1-c1cccc(N2CCC(C)(c3ccccc3)OC2=O)c1. The number of hydrogen-bond acceptors (Lipinski definition) is 3. The molecule has 1 aliphatic heterocycles. The number of carbonyl (C=O) groups is 1. The van der Waals surface area contributed by atoms with Gasteiger partial charge in [0.15, 0.2) is 0 Å². The predicted octanol–water partition coefficient (Wildman–Crippen LogP) is 5.62. The molecule has 1 aliphatic rings. The van der Waals surface area contributed by atoms with Crippen molar-refractivity contribution in [1.29, 1.82) is 0 Å². The predicted molar refractivity (Wildman–Crippen MR) is 111 cm³/mol. The third-order valence-corrected chi connectivity index (χ3v) is 5.31. The Kier molecular flexibility index (Phi) is 4.78. The van der Waals surface area contributed by atoms with E-state index in [0.29, 0.717) is 6.54 Å². The number of hydrogen-bond donors (Lipinski definition) is 0. The normalized spacial score (nSPS) is 19.2. The number of para-hydroxylation sites is 1. The van der Waals surface area contributed by atoms with Gasteiger partial charge in [0.25, 0.3) is 0 Å². The van der Waals surface area contributed by atoms with Gasteiger partial charge in [-0.3, -0.25) is 4.90 Å². The van der Waals surface area contributed by atoms with Gasteiger partial charge in [-0.25, -0.2) is 4.79 Å². The van der Waals surface area contributed by atoms with Crippen molar-refractivity contribution in [2.24, 2.45) is 0 Å². The van der Waals surface area contributed by atoms with Crippen LogP contribution >= 0.6 is 0 Å². The van der Waals surface area contributed by atoms with E-state index in [4.69, 9.17) is 9.47 Å². The van der Waals surface area contributed by atoms with Crippen LogP contribution in [0.3, 0.4) is 0 Å². The fraction of sp³-hybridized carbons (Fsp3) is 0.208. The minimum absolute atomic E-state index is 0.324. The summed E-state index contributed by atoms with van der Waals surface area (Å²) in [5, 5.41) is 0. The first-order valence-corrected chi connectivity index (χ1v) is 9.40. The van der Waals surface area contributed by atoms with Crippen molar-refractivity contribution in [3.8, 4) is 16.9 Å². The highest BCUT2D eigenvalue weighted by molar-refractivity contribution is 5.90. The molecule has 28 heavy (non-hydrogen) atoms. The van der Waals surface area contributed by atoms with E-state index in [2.05, 4.69) is 0 Å². The molecule has 3 aromatic carbocycles. The molecular formula is C24H23NO3. The summed E-state index contributed by atoms with van der Waals surface area (Å²) in [5.41, 5.74) is 3.23. The van der Waals surface area contributed by atoms with Crippen molar-refractivity contribution in [3.05, 3.63) is 84.4 Å². The van der Waals surface area contributed by atoms with Gasteiger partial charge in [-0.05, 0) is 36.2 Å². The molecule has 4 nitrogen and oxygen atoms in total. The number of methoxy groups -OCH3 is 1. The lowest BCUT2D eigenvalue weighted by molar-refractivity contribution is 0.00583. The molecule has 1 fully saturated rings. The lowest BCUT2D eigenvalue weighted by Gasteiger charge is -2.39. The Hall–Kier alpha value is -3.27. The van der Waals surface area contributed by atoms with Crippen molar-refractivity contribution in [2.45, 2.75) is 18.9 Å². The zero-order valence-electron chi connectivity index (χ0n) is 16.1. The monoisotopic (exact) mass is 373 g/mol. The first kappa shape index (κ1) is 18.1. The van der Waals surface area contributed by atoms with Crippen LogP contribution in [-0.2, 0) is 10.3 Å². The Morgan fingerprint density at radius 1 is 0.964 bits per heavy atom. The molecule has 1 atom stereocenters. The number of anilines is 1. The largest absolute Gasteiger partial charge is 0.496 e. The standard InChI is InChI=1S/C24H23NO3/c1-24(19-10-4-3-5-11-19)15-16-25(23(26)28-24)20-12-8-9-18(17-20)21-13-6-7-14-22(21)27-2/h3-14,17H,15-16H2,1-2H3. The van der Waals surface area contributed by atoms with E-state index in [1.807, 2.05) is 85.8 Å². The van der Waals surface area contributed by atoms with Crippen LogP contribution in [0.25, 0.3) is 11.1 Å². The summed E-state index contributed by atoms with van der Waals surface area (Å²) in [7, 11) is 1.66. The molecule has 0 aliphatic carbocycles. The van der Waals surface area contributed by atoms with E-state index >= 15 is 0 Å². The number of nitrogens with zero attached hydrogens (tertiary/aromatic N) is 1. The number of ether oxygens (including phenoxy) is 2. The third-order valence-electron chi connectivity index (χ3n) is 5.31. The highest BCUT2D eigenvalue weighted by Gasteiger charge is 2.38. The summed E-state index contributed by atoms with van der Waals surface area (Å²) >= 11 is 0. The number of carbonyl (C=O) groups excluding carboxylic acids is 1. The Labute approximate surface area is 165 Å². The van der Waals surface area contributed by atoms with Crippen LogP contribution in [0.15, 0.2) is 78.9 Å². The molecule has 1 unspecified atom stereocenters. The van der Waals surface area contributed by atoms with Gasteiger partial charge in [0.1, 0.15) is 11.4 Å². The Morgan fingerprint density at radius 3 is 2.46 bits per heavy atom. The number of cyclic esters (lactones) is 1. The lowest BCUT2D eigenvalue weighted by atomic mass is 9.91. The number of benzene rings is 3. The van der Waals surface area contributed by atoms with Crippen molar-refractivity contribution in [3.63, 3.8) is 0 Å². The second-order valence-corrected chi connectivity index (χ2v) is 7.12. The third kappa shape index (κ3) is 3.33. The van der Waals surface area contributed by atoms with Gasteiger partial charge < -0.3 is 9.47 Å². The van der Waals surface area contributed by atoms with Crippen LogP contribution in [0.1, 0.15) is 18.9 Å². The molecule has 1 heterocycles. The highest BCUT2D eigenvalue weighted by atomic mass is 16.6. The molecule has 0 spiro atoms. The molecule has 0 aromatic heterocycles. The first-order valence-electron chi connectivity index (χ1n) is 9.40.